The molecule has 1 amide bonds. The van der Waals surface area contributed by atoms with E-state index < -0.39 is 6.09 Å². The molecule has 1 aromatic rings. The number of hydrogen-bond acceptors (Lipinski definition) is 2. The first kappa shape index (κ1) is 14.0. The fourth-order valence-corrected chi connectivity index (χ4v) is 2.31. The van der Waals surface area contributed by atoms with Crippen LogP contribution in [-0.4, -0.2) is 29.5 Å². The molecule has 3 N–H and O–H groups in total. The molecule has 1 unspecified atom stereocenters. The second-order valence-electron chi connectivity index (χ2n) is 3.90. The first-order chi connectivity index (χ1) is 8.04. The largest absolute Gasteiger partial charge is 0.465 e. The molecule has 1 rings (SSSR count). The maximum absolute atomic E-state index is 10.5. The SMILES string of the molecule is Cc1cc(Br)ccc1C(CCO)CNC(=O)O. The molecule has 0 aliphatic heterocycles. The molecule has 0 radical (unpaired) electrons. The molecule has 0 heterocycles. The van der Waals surface area contributed by atoms with Crippen LogP contribution in [0.1, 0.15) is 23.5 Å². The van der Waals surface area contributed by atoms with Crippen LogP contribution in [0.2, 0.25) is 0 Å². The van der Waals surface area contributed by atoms with Crippen LogP contribution in [0.4, 0.5) is 4.79 Å². The molecule has 0 bridgehead atoms. The predicted octanol–water partition coefficient (Wildman–Crippen LogP) is 2.49. The van der Waals surface area contributed by atoms with Crippen molar-refractivity contribution in [3.05, 3.63) is 33.8 Å². The number of aliphatic hydroxyl groups is 1. The van der Waals surface area contributed by atoms with Gasteiger partial charge < -0.3 is 15.5 Å². The Hall–Kier alpha value is -1.07. The van der Waals surface area contributed by atoms with Crippen LogP contribution in [0.15, 0.2) is 22.7 Å². The molecular formula is C12H16BrNO3. The van der Waals surface area contributed by atoms with E-state index in [1.165, 1.54) is 0 Å². The monoisotopic (exact) mass is 301 g/mol. The third kappa shape index (κ3) is 4.36. The van der Waals surface area contributed by atoms with Gasteiger partial charge in [-0.2, -0.15) is 0 Å². The molecular weight excluding hydrogens is 286 g/mol. The predicted molar refractivity (Wildman–Crippen MR) is 69.4 cm³/mol. The molecule has 4 nitrogen and oxygen atoms in total. The summed E-state index contributed by atoms with van der Waals surface area (Å²) in [4.78, 5) is 10.5. The molecule has 0 fully saturated rings. The van der Waals surface area contributed by atoms with E-state index in [-0.39, 0.29) is 12.5 Å². The van der Waals surface area contributed by atoms with Gasteiger partial charge in [0.2, 0.25) is 0 Å². The van der Waals surface area contributed by atoms with Gasteiger partial charge in [0.05, 0.1) is 0 Å². The summed E-state index contributed by atoms with van der Waals surface area (Å²) in [5.41, 5.74) is 2.15. The van der Waals surface area contributed by atoms with E-state index in [1.807, 2.05) is 25.1 Å². The van der Waals surface area contributed by atoms with E-state index in [0.29, 0.717) is 13.0 Å². The van der Waals surface area contributed by atoms with Gasteiger partial charge in [0, 0.05) is 23.5 Å². The quantitative estimate of drug-likeness (QED) is 0.782. The van der Waals surface area contributed by atoms with Gasteiger partial charge in [-0.05, 0) is 36.6 Å². The second-order valence-corrected chi connectivity index (χ2v) is 4.81. The average Bonchev–Trinajstić information content (AvgIpc) is 2.24. The molecule has 94 valence electrons. The summed E-state index contributed by atoms with van der Waals surface area (Å²) >= 11 is 3.39. The Kier molecular flexibility index (Phi) is 5.44. The zero-order valence-electron chi connectivity index (χ0n) is 9.61. The summed E-state index contributed by atoms with van der Waals surface area (Å²) in [5, 5.41) is 20.0. The lowest BCUT2D eigenvalue weighted by Gasteiger charge is -2.18. The van der Waals surface area contributed by atoms with Crippen molar-refractivity contribution in [1.29, 1.82) is 0 Å². The van der Waals surface area contributed by atoms with E-state index in [9.17, 15) is 4.79 Å². The Balaban J connectivity index is 2.84. The maximum atomic E-state index is 10.5. The smallest absolute Gasteiger partial charge is 0.404 e. The molecule has 0 aliphatic carbocycles. The second kappa shape index (κ2) is 6.61. The lowest BCUT2D eigenvalue weighted by atomic mass is 9.92. The molecule has 5 heteroatoms. The number of hydrogen-bond donors (Lipinski definition) is 3. The standard InChI is InChI=1S/C12H16BrNO3/c1-8-6-10(13)2-3-11(8)9(4-5-15)7-14-12(16)17/h2-3,6,9,14-15H,4-5,7H2,1H3,(H,16,17). The van der Waals surface area contributed by atoms with Crippen LogP contribution in [0, 0.1) is 6.92 Å². The first-order valence-corrected chi connectivity index (χ1v) is 6.17. The minimum atomic E-state index is -1.04. The zero-order chi connectivity index (χ0) is 12.8. The van der Waals surface area contributed by atoms with Crippen LogP contribution >= 0.6 is 15.9 Å². The third-order valence-electron chi connectivity index (χ3n) is 2.65. The normalized spacial score (nSPS) is 12.2. The van der Waals surface area contributed by atoms with Crippen molar-refractivity contribution in [2.24, 2.45) is 0 Å². The molecule has 1 aromatic carbocycles. The highest BCUT2D eigenvalue weighted by Crippen LogP contribution is 2.25. The Bertz CT molecular complexity index is 395. The highest BCUT2D eigenvalue weighted by atomic mass is 79.9. The third-order valence-corrected chi connectivity index (χ3v) is 3.14. The van der Waals surface area contributed by atoms with Gasteiger partial charge in [-0.1, -0.05) is 22.0 Å². The summed E-state index contributed by atoms with van der Waals surface area (Å²) in [5.74, 6) is 0.00389. The van der Waals surface area contributed by atoms with Gasteiger partial charge in [0.25, 0.3) is 0 Å². The number of rotatable bonds is 5. The van der Waals surface area contributed by atoms with Crippen molar-refractivity contribution in [3.63, 3.8) is 0 Å². The van der Waals surface area contributed by atoms with E-state index in [2.05, 4.69) is 21.2 Å². The lowest BCUT2D eigenvalue weighted by Crippen LogP contribution is -2.27. The van der Waals surface area contributed by atoms with Gasteiger partial charge >= 0.3 is 6.09 Å². The van der Waals surface area contributed by atoms with Gasteiger partial charge in [-0.15, -0.1) is 0 Å². The number of aliphatic hydroxyl groups excluding tert-OH is 1. The molecule has 0 saturated heterocycles. The topological polar surface area (TPSA) is 69.6 Å². The Labute approximate surface area is 109 Å². The lowest BCUT2D eigenvalue weighted by molar-refractivity contribution is 0.192. The summed E-state index contributed by atoms with van der Waals surface area (Å²) in [7, 11) is 0. The number of nitrogens with one attached hydrogen (secondary N) is 1. The molecule has 0 aliphatic rings. The fraction of sp³-hybridized carbons (Fsp3) is 0.417. The first-order valence-electron chi connectivity index (χ1n) is 5.38. The van der Waals surface area contributed by atoms with E-state index in [1.54, 1.807) is 0 Å². The number of amides is 1. The Morgan fingerprint density at radius 2 is 2.24 bits per heavy atom. The maximum Gasteiger partial charge on any atom is 0.404 e. The Morgan fingerprint density at radius 3 is 2.76 bits per heavy atom. The van der Waals surface area contributed by atoms with Crippen LogP contribution in [0.3, 0.4) is 0 Å². The van der Waals surface area contributed by atoms with Gasteiger partial charge in [-0.3, -0.25) is 0 Å². The highest BCUT2D eigenvalue weighted by Gasteiger charge is 2.14. The number of carboxylic acid groups (broad SMARTS) is 1. The van der Waals surface area contributed by atoms with Crippen LogP contribution in [0.5, 0.6) is 0 Å². The Morgan fingerprint density at radius 1 is 1.53 bits per heavy atom. The number of aryl methyl sites for hydroxylation is 1. The van der Waals surface area contributed by atoms with E-state index >= 15 is 0 Å². The minimum absolute atomic E-state index is 0.00389. The highest BCUT2D eigenvalue weighted by molar-refractivity contribution is 9.10. The van der Waals surface area contributed by atoms with Crippen LogP contribution < -0.4 is 5.32 Å². The summed E-state index contributed by atoms with van der Waals surface area (Å²) in [6.45, 7) is 2.34. The van der Waals surface area contributed by atoms with Crippen molar-refractivity contribution in [2.75, 3.05) is 13.2 Å². The van der Waals surface area contributed by atoms with Crippen LogP contribution in [0.25, 0.3) is 0 Å². The van der Waals surface area contributed by atoms with Crippen molar-refractivity contribution < 1.29 is 15.0 Å². The van der Waals surface area contributed by atoms with Crippen molar-refractivity contribution >= 4 is 22.0 Å². The summed E-state index contributed by atoms with van der Waals surface area (Å²) in [6.07, 6.45) is -0.495. The molecule has 0 spiro atoms. The summed E-state index contributed by atoms with van der Waals surface area (Å²) < 4.78 is 0.993. The fourth-order valence-electron chi connectivity index (χ4n) is 1.83. The zero-order valence-corrected chi connectivity index (χ0v) is 11.2. The number of halogens is 1. The molecule has 17 heavy (non-hydrogen) atoms. The van der Waals surface area contributed by atoms with Gasteiger partial charge in [-0.25, -0.2) is 4.79 Å². The van der Waals surface area contributed by atoms with E-state index in [4.69, 9.17) is 10.2 Å². The number of carbonyl (C=O) groups is 1. The molecule has 1 atom stereocenters. The molecule has 0 saturated carbocycles. The van der Waals surface area contributed by atoms with E-state index in [0.717, 1.165) is 15.6 Å². The van der Waals surface area contributed by atoms with Gasteiger partial charge in [0.15, 0.2) is 0 Å². The van der Waals surface area contributed by atoms with Crippen LogP contribution in [-0.2, 0) is 0 Å². The average molecular weight is 302 g/mol. The van der Waals surface area contributed by atoms with Crippen molar-refractivity contribution in [3.8, 4) is 0 Å². The molecule has 0 aromatic heterocycles. The van der Waals surface area contributed by atoms with Crippen molar-refractivity contribution in [2.45, 2.75) is 19.3 Å². The summed E-state index contributed by atoms with van der Waals surface area (Å²) in [6, 6.07) is 5.87. The van der Waals surface area contributed by atoms with Gasteiger partial charge in [0.1, 0.15) is 0 Å². The number of benzene rings is 1. The minimum Gasteiger partial charge on any atom is -0.465 e. The van der Waals surface area contributed by atoms with Crippen molar-refractivity contribution in [1.82, 2.24) is 5.32 Å².